The molecule has 3 heterocycles. The topological polar surface area (TPSA) is 64.1 Å². The number of amides is 1. The fourth-order valence-electron chi connectivity index (χ4n) is 3.84. The van der Waals surface area contributed by atoms with Crippen molar-refractivity contribution in [2.75, 3.05) is 44.9 Å². The summed E-state index contributed by atoms with van der Waals surface area (Å²) in [6, 6.07) is 9.76. The molecular formula is C22H27N3O4. The smallest absolute Gasteiger partial charge is 0.222 e. The largest absolute Gasteiger partial charge is 0.493 e. The third kappa shape index (κ3) is 4.23. The summed E-state index contributed by atoms with van der Waals surface area (Å²) in [6.07, 6.45) is 3.36. The Morgan fingerprint density at radius 2 is 2.17 bits per heavy atom. The fraction of sp³-hybridized carbons (Fsp3) is 0.455. The number of benzene rings is 1. The average molecular weight is 397 g/mol. The van der Waals surface area contributed by atoms with E-state index in [1.54, 1.807) is 13.3 Å². The number of anilines is 2. The lowest BCUT2D eigenvalue weighted by Crippen LogP contribution is -2.29. The van der Waals surface area contributed by atoms with Gasteiger partial charge in [0.15, 0.2) is 0 Å². The number of hydrogen-bond donors (Lipinski definition) is 0. The third-order valence-electron chi connectivity index (χ3n) is 5.46. The Morgan fingerprint density at radius 3 is 2.93 bits per heavy atom. The normalized spacial score (nSPS) is 18.2. The van der Waals surface area contributed by atoms with Crippen LogP contribution in [-0.4, -0.2) is 55.7 Å². The Hall–Kier alpha value is -2.96. The van der Waals surface area contributed by atoms with Gasteiger partial charge in [0.25, 0.3) is 0 Å². The van der Waals surface area contributed by atoms with E-state index in [1.807, 2.05) is 42.2 Å². The van der Waals surface area contributed by atoms with Gasteiger partial charge in [-0.1, -0.05) is 6.92 Å². The van der Waals surface area contributed by atoms with Crippen LogP contribution in [0.2, 0.25) is 0 Å². The molecule has 29 heavy (non-hydrogen) atoms. The summed E-state index contributed by atoms with van der Waals surface area (Å²) in [7, 11) is 1.61. The molecule has 0 unspecified atom stereocenters. The molecule has 0 spiro atoms. The van der Waals surface area contributed by atoms with Gasteiger partial charge in [0, 0.05) is 37.6 Å². The number of fused-ring (bicyclic) bond motifs is 1. The Labute approximate surface area is 171 Å². The second-order valence-corrected chi connectivity index (χ2v) is 7.35. The summed E-state index contributed by atoms with van der Waals surface area (Å²) >= 11 is 0. The van der Waals surface area contributed by atoms with E-state index in [0.717, 1.165) is 48.9 Å². The van der Waals surface area contributed by atoms with E-state index in [-0.39, 0.29) is 5.91 Å². The predicted octanol–water partition coefficient (Wildman–Crippen LogP) is 3.26. The second kappa shape index (κ2) is 8.59. The van der Waals surface area contributed by atoms with Crippen molar-refractivity contribution in [3.05, 3.63) is 36.5 Å². The van der Waals surface area contributed by atoms with Crippen molar-refractivity contribution in [1.82, 2.24) is 9.88 Å². The molecule has 0 bridgehead atoms. The summed E-state index contributed by atoms with van der Waals surface area (Å²) in [4.78, 5) is 20.3. The number of likely N-dealkylation sites (tertiary alicyclic amines) is 1. The van der Waals surface area contributed by atoms with E-state index in [1.165, 1.54) is 0 Å². The Balaban J connectivity index is 1.45. The molecule has 7 heteroatoms. The Morgan fingerprint density at radius 1 is 1.28 bits per heavy atom. The molecule has 1 saturated heterocycles. The molecule has 2 aromatic rings. The van der Waals surface area contributed by atoms with Crippen molar-refractivity contribution in [3.8, 4) is 17.4 Å². The maximum Gasteiger partial charge on any atom is 0.222 e. The van der Waals surface area contributed by atoms with E-state index < -0.39 is 0 Å². The molecule has 7 nitrogen and oxygen atoms in total. The monoisotopic (exact) mass is 397 g/mol. The number of pyridine rings is 1. The van der Waals surface area contributed by atoms with Crippen LogP contribution in [0.15, 0.2) is 36.5 Å². The van der Waals surface area contributed by atoms with E-state index in [9.17, 15) is 4.79 Å². The van der Waals surface area contributed by atoms with Crippen molar-refractivity contribution in [1.29, 1.82) is 0 Å². The molecule has 1 fully saturated rings. The molecule has 1 aromatic carbocycles. The third-order valence-corrected chi connectivity index (χ3v) is 5.46. The summed E-state index contributed by atoms with van der Waals surface area (Å²) < 4.78 is 17.1. The van der Waals surface area contributed by atoms with Crippen LogP contribution < -0.4 is 19.1 Å². The number of methoxy groups -OCH3 is 1. The van der Waals surface area contributed by atoms with Crippen molar-refractivity contribution < 1.29 is 19.0 Å². The lowest BCUT2D eigenvalue weighted by Gasteiger charge is -2.31. The van der Waals surface area contributed by atoms with Crippen molar-refractivity contribution in [2.45, 2.75) is 19.8 Å². The zero-order chi connectivity index (χ0) is 20.2. The number of ether oxygens (including phenoxy) is 3. The highest BCUT2D eigenvalue weighted by Gasteiger charge is 2.26. The van der Waals surface area contributed by atoms with E-state index in [2.05, 4.69) is 9.88 Å². The van der Waals surface area contributed by atoms with Crippen LogP contribution in [0.4, 0.5) is 11.4 Å². The first kappa shape index (κ1) is 19.4. The molecule has 0 saturated carbocycles. The van der Waals surface area contributed by atoms with Crippen molar-refractivity contribution >= 4 is 17.3 Å². The van der Waals surface area contributed by atoms with Gasteiger partial charge < -0.3 is 24.0 Å². The minimum absolute atomic E-state index is 0.224. The van der Waals surface area contributed by atoms with E-state index in [0.29, 0.717) is 31.4 Å². The minimum Gasteiger partial charge on any atom is -0.493 e. The van der Waals surface area contributed by atoms with E-state index >= 15 is 0 Å². The number of carbonyl (C=O) groups excluding carboxylic acids is 1. The zero-order valence-electron chi connectivity index (χ0n) is 17.0. The maximum atomic E-state index is 11.9. The van der Waals surface area contributed by atoms with Gasteiger partial charge in [-0.2, -0.15) is 0 Å². The lowest BCUT2D eigenvalue weighted by molar-refractivity contribution is -0.129. The number of rotatable bonds is 6. The molecule has 0 N–H and O–H groups in total. The minimum atomic E-state index is 0.224. The van der Waals surface area contributed by atoms with Gasteiger partial charge in [0.05, 0.1) is 37.8 Å². The van der Waals surface area contributed by atoms with Gasteiger partial charge in [-0.15, -0.1) is 0 Å². The molecule has 4 rings (SSSR count). The van der Waals surface area contributed by atoms with Crippen LogP contribution in [0.5, 0.6) is 17.4 Å². The van der Waals surface area contributed by atoms with E-state index in [4.69, 9.17) is 14.2 Å². The SMILES string of the molecule is CCC(=O)N1CC[C@H](COc2ccc3c(c2)N(c2ccc(OC)nc2)CCO3)C1. The second-order valence-electron chi connectivity index (χ2n) is 7.35. The molecule has 1 aromatic heterocycles. The van der Waals surface area contributed by atoms with Crippen LogP contribution in [0, 0.1) is 5.92 Å². The van der Waals surface area contributed by atoms with Gasteiger partial charge in [-0.3, -0.25) is 4.79 Å². The summed E-state index contributed by atoms with van der Waals surface area (Å²) in [6.45, 7) is 5.48. The molecule has 1 atom stereocenters. The molecule has 154 valence electrons. The zero-order valence-corrected chi connectivity index (χ0v) is 17.0. The summed E-state index contributed by atoms with van der Waals surface area (Å²) in [5.74, 6) is 2.83. The quantitative estimate of drug-likeness (QED) is 0.746. The summed E-state index contributed by atoms with van der Waals surface area (Å²) in [5.41, 5.74) is 1.95. The molecule has 0 aliphatic carbocycles. The van der Waals surface area contributed by atoms with Gasteiger partial charge in [-0.25, -0.2) is 4.98 Å². The van der Waals surface area contributed by atoms with Crippen LogP contribution in [-0.2, 0) is 4.79 Å². The van der Waals surface area contributed by atoms with Crippen molar-refractivity contribution in [3.63, 3.8) is 0 Å². The van der Waals surface area contributed by atoms with Crippen LogP contribution in [0.3, 0.4) is 0 Å². The highest BCUT2D eigenvalue weighted by molar-refractivity contribution is 5.76. The average Bonchev–Trinajstić information content (AvgIpc) is 3.26. The Bertz CT molecular complexity index is 856. The first-order chi connectivity index (χ1) is 14.2. The maximum absolute atomic E-state index is 11.9. The number of nitrogens with zero attached hydrogens (tertiary/aromatic N) is 3. The highest BCUT2D eigenvalue weighted by atomic mass is 16.5. The van der Waals surface area contributed by atoms with Crippen LogP contribution >= 0.6 is 0 Å². The van der Waals surface area contributed by atoms with Gasteiger partial charge in [0.2, 0.25) is 11.8 Å². The van der Waals surface area contributed by atoms with Crippen molar-refractivity contribution in [2.24, 2.45) is 5.92 Å². The molecule has 1 amide bonds. The molecular weight excluding hydrogens is 370 g/mol. The number of carbonyl (C=O) groups is 1. The molecule has 0 radical (unpaired) electrons. The number of aromatic nitrogens is 1. The molecule has 2 aliphatic rings. The molecule has 2 aliphatic heterocycles. The standard InChI is InChI=1S/C22H27N3O4/c1-3-22(26)24-9-8-16(14-24)15-29-18-5-6-20-19(12-18)25(10-11-28-20)17-4-7-21(27-2)23-13-17/h4-7,12-13,16H,3,8-11,14-15H2,1-2H3/t16-/m0/s1. The first-order valence-electron chi connectivity index (χ1n) is 10.1. The fourth-order valence-corrected chi connectivity index (χ4v) is 3.84. The van der Waals surface area contributed by atoms with Gasteiger partial charge in [-0.05, 0) is 24.6 Å². The lowest BCUT2D eigenvalue weighted by atomic mass is 10.1. The highest BCUT2D eigenvalue weighted by Crippen LogP contribution is 2.39. The number of hydrogen-bond acceptors (Lipinski definition) is 6. The summed E-state index contributed by atoms with van der Waals surface area (Å²) in [5, 5.41) is 0. The van der Waals surface area contributed by atoms with Gasteiger partial charge >= 0.3 is 0 Å². The van der Waals surface area contributed by atoms with Gasteiger partial charge in [0.1, 0.15) is 18.1 Å². The van der Waals surface area contributed by atoms with Crippen LogP contribution in [0.25, 0.3) is 0 Å². The first-order valence-corrected chi connectivity index (χ1v) is 10.1. The predicted molar refractivity (Wildman–Crippen MR) is 110 cm³/mol. The van der Waals surface area contributed by atoms with Crippen LogP contribution in [0.1, 0.15) is 19.8 Å². The Kier molecular flexibility index (Phi) is 5.74.